The third kappa shape index (κ3) is 6.44. The Morgan fingerprint density at radius 1 is 0.722 bits per heavy atom. The number of rotatable bonds is 9. The second-order valence-electron chi connectivity index (χ2n) is 7.31. The van der Waals surface area contributed by atoms with Gasteiger partial charge in [0.15, 0.2) is 11.5 Å². The molecule has 0 atom stereocenters. The highest BCUT2D eigenvalue weighted by Gasteiger charge is 2.20. The van der Waals surface area contributed by atoms with Crippen molar-refractivity contribution < 1.29 is 33.3 Å². The Morgan fingerprint density at radius 3 is 1.81 bits per heavy atom. The molecular weight excluding hydrogens is 466 g/mol. The first-order valence-corrected chi connectivity index (χ1v) is 10.9. The van der Waals surface area contributed by atoms with Gasteiger partial charge in [0.2, 0.25) is 0 Å². The minimum Gasteiger partial charge on any atom is -0.497 e. The first-order chi connectivity index (χ1) is 17.4. The van der Waals surface area contributed by atoms with Crippen LogP contribution >= 0.6 is 0 Å². The molecule has 3 aromatic rings. The number of hydrogen-bond acceptors (Lipinski definition) is 7. The minimum absolute atomic E-state index is 0.122. The molecule has 0 aliphatic carbocycles. The summed E-state index contributed by atoms with van der Waals surface area (Å²) in [5.74, 6) is 0.251. The number of carbonyl (C=O) groups excluding carboxylic acids is 3. The van der Waals surface area contributed by atoms with Crippen molar-refractivity contribution in [1.82, 2.24) is 0 Å². The minimum atomic E-state index is -0.615. The normalized spacial score (nSPS) is 10.1. The maximum absolute atomic E-state index is 12.9. The summed E-state index contributed by atoms with van der Waals surface area (Å²) in [6.07, 6.45) is 0. The fraction of sp³-hybridized carbons (Fsp3) is 0.192. The van der Waals surface area contributed by atoms with Crippen LogP contribution in [0.4, 0.5) is 21.9 Å². The molecular formula is C26H27N3O7. The number of urea groups is 1. The average molecular weight is 494 g/mol. The lowest BCUT2D eigenvalue weighted by atomic mass is 10.1. The number of benzene rings is 3. The van der Waals surface area contributed by atoms with E-state index in [0.29, 0.717) is 34.2 Å². The van der Waals surface area contributed by atoms with E-state index in [1.807, 2.05) is 0 Å². The molecule has 36 heavy (non-hydrogen) atoms. The summed E-state index contributed by atoms with van der Waals surface area (Å²) < 4.78 is 20.7. The Balaban J connectivity index is 1.70. The summed E-state index contributed by atoms with van der Waals surface area (Å²) in [4.78, 5) is 37.6. The summed E-state index contributed by atoms with van der Waals surface area (Å²) in [5, 5.41) is 8.11. The van der Waals surface area contributed by atoms with Crippen molar-refractivity contribution in [3.05, 3.63) is 71.8 Å². The molecule has 0 spiro atoms. The fourth-order valence-corrected chi connectivity index (χ4v) is 3.23. The average Bonchev–Trinajstić information content (AvgIpc) is 2.89. The molecule has 0 bridgehead atoms. The number of hydrogen-bond donors (Lipinski definition) is 3. The quantitative estimate of drug-likeness (QED) is 0.366. The number of anilines is 3. The van der Waals surface area contributed by atoms with Gasteiger partial charge in [-0.3, -0.25) is 4.79 Å². The van der Waals surface area contributed by atoms with Crippen molar-refractivity contribution in [3.63, 3.8) is 0 Å². The van der Waals surface area contributed by atoms with Crippen LogP contribution in [0.3, 0.4) is 0 Å². The van der Waals surface area contributed by atoms with Gasteiger partial charge in [0.05, 0.1) is 39.2 Å². The SMILES string of the molecule is CCOC(=O)c1cc(OC)c(OC)cc1NC(=O)c1ccc(NC(=O)Nc2ccc(OC)cc2)cc1. The lowest BCUT2D eigenvalue weighted by molar-refractivity contribution is 0.0527. The molecule has 0 aromatic heterocycles. The molecule has 188 valence electrons. The van der Waals surface area contributed by atoms with Gasteiger partial charge in [0.1, 0.15) is 5.75 Å². The Hall–Kier alpha value is -4.73. The summed E-state index contributed by atoms with van der Waals surface area (Å²) in [6.45, 7) is 1.85. The van der Waals surface area contributed by atoms with Crippen LogP contribution in [0.1, 0.15) is 27.6 Å². The third-order valence-corrected chi connectivity index (χ3v) is 5.02. The summed E-state index contributed by atoms with van der Waals surface area (Å²) in [6, 6.07) is 15.6. The molecule has 0 aliphatic rings. The molecule has 0 saturated carbocycles. The van der Waals surface area contributed by atoms with Crippen molar-refractivity contribution in [2.45, 2.75) is 6.92 Å². The molecule has 3 amide bonds. The summed E-state index contributed by atoms with van der Waals surface area (Å²) in [7, 11) is 4.45. The van der Waals surface area contributed by atoms with E-state index in [0.717, 1.165) is 0 Å². The van der Waals surface area contributed by atoms with E-state index in [9.17, 15) is 14.4 Å². The number of nitrogens with one attached hydrogen (secondary N) is 3. The van der Waals surface area contributed by atoms with Gasteiger partial charge >= 0.3 is 12.0 Å². The monoisotopic (exact) mass is 493 g/mol. The number of carbonyl (C=O) groups is 3. The van der Waals surface area contributed by atoms with E-state index in [1.54, 1.807) is 62.6 Å². The van der Waals surface area contributed by atoms with Crippen LogP contribution in [0.5, 0.6) is 17.2 Å². The zero-order chi connectivity index (χ0) is 26.1. The Labute approximate surface area is 208 Å². The van der Waals surface area contributed by atoms with E-state index >= 15 is 0 Å². The predicted molar refractivity (Wildman–Crippen MR) is 136 cm³/mol. The number of amides is 3. The van der Waals surface area contributed by atoms with Crippen LogP contribution in [0.15, 0.2) is 60.7 Å². The zero-order valence-corrected chi connectivity index (χ0v) is 20.3. The van der Waals surface area contributed by atoms with Crippen molar-refractivity contribution >= 4 is 35.0 Å². The molecule has 0 heterocycles. The zero-order valence-electron chi connectivity index (χ0n) is 20.3. The van der Waals surface area contributed by atoms with E-state index in [-0.39, 0.29) is 17.9 Å². The highest BCUT2D eigenvalue weighted by atomic mass is 16.5. The molecule has 3 aromatic carbocycles. The van der Waals surface area contributed by atoms with Crippen molar-refractivity contribution in [1.29, 1.82) is 0 Å². The van der Waals surface area contributed by atoms with Crippen molar-refractivity contribution in [3.8, 4) is 17.2 Å². The molecule has 0 fully saturated rings. The smallest absolute Gasteiger partial charge is 0.340 e. The van der Waals surface area contributed by atoms with E-state index in [2.05, 4.69) is 16.0 Å². The Bertz CT molecular complexity index is 1230. The van der Waals surface area contributed by atoms with E-state index in [1.165, 1.54) is 26.4 Å². The molecule has 0 radical (unpaired) electrons. The van der Waals surface area contributed by atoms with Crippen LogP contribution < -0.4 is 30.2 Å². The molecule has 10 heteroatoms. The predicted octanol–water partition coefficient (Wildman–Crippen LogP) is 4.79. The standard InChI is InChI=1S/C26H27N3O7/c1-5-36-25(31)20-14-22(34-3)23(35-4)15-21(20)29-24(30)16-6-8-17(9-7-16)27-26(32)28-18-10-12-19(33-2)13-11-18/h6-15H,5H2,1-4H3,(H,29,30)(H2,27,28,32). The van der Waals surface area contributed by atoms with Crippen LogP contribution in [0.25, 0.3) is 0 Å². The Kier molecular flexibility index (Phi) is 8.71. The Morgan fingerprint density at radius 2 is 1.28 bits per heavy atom. The molecule has 0 unspecified atom stereocenters. The van der Waals surface area contributed by atoms with Crippen molar-refractivity contribution in [2.75, 3.05) is 43.9 Å². The maximum atomic E-state index is 12.9. The van der Waals surface area contributed by atoms with Gasteiger partial charge in [-0.2, -0.15) is 0 Å². The number of esters is 1. The van der Waals surface area contributed by atoms with Gasteiger partial charge in [0, 0.05) is 29.1 Å². The second kappa shape index (κ2) is 12.1. The first kappa shape index (κ1) is 25.9. The maximum Gasteiger partial charge on any atom is 0.340 e. The molecule has 10 nitrogen and oxygen atoms in total. The summed E-state index contributed by atoms with van der Waals surface area (Å²) >= 11 is 0. The number of methoxy groups -OCH3 is 3. The van der Waals surface area contributed by atoms with Gasteiger partial charge in [-0.05, 0) is 55.5 Å². The molecule has 3 N–H and O–H groups in total. The molecule has 3 rings (SSSR count). The van der Waals surface area contributed by atoms with Crippen LogP contribution in [-0.2, 0) is 4.74 Å². The van der Waals surface area contributed by atoms with E-state index in [4.69, 9.17) is 18.9 Å². The van der Waals surface area contributed by atoms with Gasteiger partial charge in [-0.15, -0.1) is 0 Å². The highest BCUT2D eigenvalue weighted by molar-refractivity contribution is 6.09. The van der Waals surface area contributed by atoms with E-state index < -0.39 is 17.9 Å². The van der Waals surface area contributed by atoms with Crippen molar-refractivity contribution in [2.24, 2.45) is 0 Å². The molecule has 0 saturated heterocycles. The largest absolute Gasteiger partial charge is 0.497 e. The highest BCUT2D eigenvalue weighted by Crippen LogP contribution is 2.34. The molecule has 0 aliphatic heterocycles. The van der Waals surface area contributed by atoms with Crippen LogP contribution in [-0.4, -0.2) is 45.8 Å². The van der Waals surface area contributed by atoms with Gasteiger partial charge in [-0.25, -0.2) is 9.59 Å². The number of ether oxygens (including phenoxy) is 4. The lowest BCUT2D eigenvalue weighted by Crippen LogP contribution is -2.19. The van der Waals surface area contributed by atoms with Crippen LogP contribution in [0.2, 0.25) is 0 Å². The topological polar surface area (TPSA) is 124 Å². The lowest BCUT2D eigenvalue weighted by Gasteiger charge is -2.15. The second-order valence-corrected chi connectivity index (χ2v) is 7.31. The first-order valence-electron chi connectivity index (χ1n) is 10.9. The van der Waals surface area contributed by atoms with Gasteiger partial charge in [-0.1, -0.05) is 0 Å². The third-order valence-electron chi connectivity index (χ3n) is 5.02. The van der Waals surface area contributed by atoms with Gasteiger partial charge < -0.3 is 34.9 Å². The summed E-state index contributed by atoms with van der Waals surface area (Å²) in [5.41, 5.74) is 1.71. The van der Waals surface area contributed by atoms with Gasteiger partial charge in [0.25, 0.3) is 5.91 Å². The van der Waals surface area contributed by atoms with Crippen LogP contribution in [0, 0.1) is 0 Å². The fourth-order valence-electron chi connectivity index (χ4n) is 3.23.